The normalized spacial score (nSPS) is 12.5. The summed E-state index contributed by atoms with van der Waals surface area (Å²) in [4.78, 5) is 10.2. The molecule has 0 aliphatic carbocycles. The van der Waals surface area contributed by atoms with Gasteiger partial charge in [-0.1, -0.05) is 39.1 Å². The molecule has 1 atom stereocenters. The molecular formula is C9H7BrCl2O2. The number of aliphatic carboxylic acids is 1. The van der Waals surface area contributed by atoms with Crippen molar-refractivity contribution in [1.82, 2.24) is 0 Å². The molecule has 0 heterocycles. The SMILES string of the molecule is O=C(O)CC(Br)c1cc(Cl)cc(Cl)c1. The number of hydrogen-bond acceptors (Lipinski definition) is 1. The molecule has 0 aromatic heterocycles. The van der Waals surface area contributed by atoms with Crippen molar-refractivity contribution in [2.75, 3.05) is 0 Å². The highest BCUT2D eigenvalue weighted by molar-refractivity contribution is 9.09. The summed E-state index contributed by atoms with van der Waals surface area (Å²) in [6, 6.07) is 4.98. The zero-order valence-corrected chi connectivity index (χ0v) is 10.1. The maximum atomic E-state index is 10.5. The van der Waals surface area contributed by atoms with E-state index in [1.165, 1.54) is 0 Å². The Kier molecular flexibility index (Phi) is 4.23. The van der Waals surface area contributed by atoms with Gasteiger partial charge in [-0.15, -0.1) is 0 Å². The fourth-order valence-electron chi connectivity index (χ4n) is 1.03. The van der Waals surface area contributed by atoms with Crippen molar-refractivity contribution in [2.45, 2.75) is 11.2 Å². The van der Waals surface area contributed by atoms with Crippen LogP contribution in [0.3, 0.4) is 0 Å². The zero-order valence-electron chi connectivity index (χ0n) is 7.01. The maximum absolute atomic E-state index is 10.5. The highest BCUT2D eigenvalue weighted by Gasteiger charge is 2.12. The molecule has 0 amide bonds. The van der Waals surface area contributed by atoms with Gasteiger partial charge in [-0.3, -0.25) is 4.79 Å². The molecule has 0 fully saturated rings. The van der Waals surface area contributed by atoms with Crippen molar-refractivity contribution in [3.05, 3.63) is 33.8 Å². The molecule has 0 radical (unpaired) electrons. The Morgan fingerprint density at radius 2 is 1.86 bits per heavy atom. The summed E-state index contributed by atoms with van der Waals surface area (Å²) < 4.78 is 0. The third-order valence-corrected chi connectivity index (χ3v) is 2.89. The second-order valence-electron chi connectivity index (χ2n) is 2.77. The lowest BCUT2D eigenvalue weighted by molar-refractivity contribution is -0.136. The minimum atomic E-state index is -0.872. The zero-order chi connectivity index (χ0) is 10.7. The van der Waals surface area contributed by atoms with E-state index in [1.54, 1.807) is 18.2 Å². The summed E-state index contributed by atoms with van der Waals surface area (Å²) in [6.45, 7) is 0. The van der Waals surface area contributed by atoms with Gasteiger partial charge in [-0.2, -0.15) is 0 Å². The molecule has 14 heavy (non-hydrogen) atoms. The first kappa shape index (κ1) is 11.8. The molecule has 1 aromatic rings. The van der Waals surface area contributed by atoms with E-state index in [1.807, 2.05) is 0 Å². The number of alkyl halides is 1. The first-order valence-corrected chi connectivity index (χ1v) is 5.48. The Bertz CT molecular complexity index is 334. The molecular weight excluding hydrogens is 291 g/mol. The van der Waals surface area contributed by atoms with Gasteiger partial charge in [0.15, 0.2) is 0 Å². The van der Waals surface area contributed by atoms with Gasteiger partial charge in [-0.25, -0.2) is 0 Å². The summed E-state index contributed by atoms with van der Waals surface area (Å²) in [5.41, 5.74) is 0.768. The van der Waals surface area contributed by atoms with Crippen molar-refractivity contribution >= 4 is 45.1 Å². The molecule has 0 saturated heterocycles. The van der Waals surface area contributed by atoms with Crippen LogP contribution in [0.25, 0.3) is 0 Å². The summed E-state index contributed by atoms with van der Waals surface area (Å²) >= 11 is 14.8. The Balaban J connectivity index is 2.89. The Morgan fingerprint density at radius 1 is 1.36 bits per heavy atom. The van der Waals surface area contributed by atoms with Crippen molar-refractivity contribution in [3.63, 3.8) is 0 Å². The van der Waals surface area contributed by atoms with Gasteiger partial charge in [0.25, 0.3) is 0 Å². The van der Waals surface area contributed by atoms with E-state index in [2.05, 4.69) is 15.9 Å². The van der Waals surface area contributed by atoms with Crippen LogP contribution in [0.5, 0.6) is 0 Å². The van der Waals surface area contributed by atoms with Crippen LogP contribution in [0.1, 0.15) is 16.8 Å². The van der Waals surface area contributed by atoms with Crippen LogP contribution in [0, 0.1) is 0 Å². The predicted octanol–water partition coefficient (Wildman–Crippen LogP) is 3.90. The number of carboxylic acids is 1. The fourth-order valence-corrected chi connectivity index (χ4v) is 2.11. The Hall–Kier alpha value is -0.250. The molecule has 2 nitrogen and oxygen atoms in total. The molecule has 1 unspecified atom stereocenters. The van der Waals surface area contributed by atoms with Crippen LogP contribution >= 0.6 is 39.1 Å². The number of hydrogen-bond donors (Lipinski definition) is 1. The molecule has 1 aromatic carbocycles. The minimum absolute atomic E-state index is 0.00330. The highest BCUT2D eigenvalue weighted by Crippen LogP contribution is 2.30. The van der Waals surface area contributed by atoms with Gasteiger partial charge in [-0.05, 0) is 23.8 Å². The summed E-state index contributed by atoms with van der Waals surface area (Å²) in [6.07, 6.45) is -0.00330. The van der Waals surface area contributed by atoms with Crippen LogP contribution in [0.2, 0.25) is 10.0 Å². The number of carbonyl (C=O) groups is 1. The van der Waals surface area contributed by atoms with Gasteiger partial charge < -0.3 is 5.11 Å². The van der Waals surface area contributed by atoms with E-state index < -0.39 is 5.97 Å². The van der Waals surface area contributed by atoms with Crippen molar-refractivity contribution in [3.8, 4) is 0 Å². The molecule has 76 valence electrons. The lowest BCUT2D eigenvalue weighted by Crippen LogP contribution is -2.00. The molecule has 0 aliphatic rings. The predicted molar refractivity (Wildman–Crippen MR) is 60.4 cm³/mol. The van der Waals surface area contributed by atoms with Crippen LogP contribution in [0.15, 0.2) is 18.2 Å². The second kappa shape index (κ2) is 5.01. The fraction of sp³-hybridized carbons (Fsp3) is 0.222. The van der Waals surface area contributed by atoms with Gasteiger partial charge in [0.1, 0.15) is 0 Å². The summed E-state index contributed by atoms with van der Waals surface area (Å²) in [7, 11) is 0. The minimum Gasteiger partial charge on any atom is -0.481 e. The molecule has 1 N–H and O–H groups in total. The van der Waals surface area contributed by atoms with Gasteiger partial charge in [0.2, 0.25) is 0 Å². The molecule has 0 saturated carbocycles. The molecule has 0 bridgehead atoms. The van der Waals surface area contributed by atoms with Crippen LogP contribution < -0.4 is 0 Å². The average molecular weight is 298 g/mol. The maximum Gasteiger partial charge on any atom is 0.304 e. The van der Waals surface area contributed by atoms with Gasteiger partial charge in [0.05, 0.1) is 11.2 Å². The van der Waals surface area contributed by atoms with E-state index in [-0.39, 0.29) is 11.2 Å². The number of carboxylic acid groups (broad SMARTS) is 1. The molecule has 0 spiro atoms. The molecule has 0 aliphatic heterocycles. The number of benzene rings is 1. The monoisotopic (exact) mass is 296 g/mol. The van der Waals surface area contributed by atoms with E-state index in [0.717, 1.165) is 5.56 Å². The van der Waals surface area contributed by atoms with Crippen molar-refractivity contribution < 1.29 is 9.90 Å². The van der Waals surface area contributed by atoms with Crippen LogP contribution in [-0.4, -0.2) is 11.1 Å². The van der Waals surface area contributed by atoms with E-state index >= 15 is 0 Å². The van der Waals surface area contributed by atoms with Crippen molar-refractivity contribution in [1.29, 1.82) is 0 Å². The lowest BCUT2D eigenvalue weighted by atomic mass is 10.1. The first-order chi connectivity index (χ1) is 6.49. The van der Waals surface area contributed by atoms with E-state index in [4.69, 9.17) is 28.3 Å². The van der Waals surface area contributed by atoms with Crippen molar-refractivity contribution in [2.24, 2.45) is 0 Å². The smallest absolute Gasteiger partial charge is 0.304 e. The second-order valence-corrected chi connectivity index (χ2v) is 4.75. The lowest BCUT2D eigenvalue weighted by Gasteiger charge is -2.08. The first-order valence-electron chi connectivity index (χ1n) is 3.81. The van der Waals surface area contributed by atoms with E-state index in [9.17, 15) is 4.79 Å². The third kappa shape index (κ3) is 3.48. The number of halogens is 3. The largest absolute Gasteiger partial charge is 0.481 e. The van der Waals surface area contributed by atoms with Gasteiger partial charge >= 0.3 is 5.97 Å². The van der Waals surface area contributed by atoms with Crippen LogP contribution in [-0.2, 0) is 4.79 Å². The summed E-state index contributed by atoms with van der Waals surface area (Å²) in [5.74, 6) is -0.872. The highest BCUT2D eigenvalue weighted by atomic mass is 79.9. The topological polar surface area (TPSA) is 37.3 Å². The van der Waals surface area contributed by atoms with Gasteiger partial charge in [0, 0.05) is 10.0 Å². The Morgan fingerprint density at radius 3 is 2.29 bits per heavy atom. The average Bonchev–Trinajstić information content (AvgIpc) is 2.00. The molecule has 5 heteroatoms. The third-order valence-electron chi connectivity index (χ3n) is 1.60. The molecule has 1 rings (SSSR count). The van der Waals surface area contributed by atoms with Crippen LogP contribution in [0.4, 0.5) is 0 Å². The van der Waals surface area contributed by atoms with E-state index in [0.29, 0.717) is 10.0 Å². The quantitative estimate of drug-likeness (QED) is 0.859. The Labute approximate surface area is 100.0 Å². The number of rotatable bonds is 3. The summed E-state index contributed by atoms with van der Waals surface area (Å²) in [5, 5.41) is 9.59. The standard InChI is InChI=1S/C9H7BrCl2O2/c10-8(4-9(13)14)5-1-6(11)3-7(12)2-5/h1-3,8H,4H2,(H,13,14).